The van der Waals surface area contributed by atoms with Crippen LogP contribution in [0, 0.1) is 0 Å². The van der Waals surface area contributed by atoms with Crippen molar-refractivity contribution in [3.8, 4) is 5.75 Å². The summed E-state index contributed by atoms with van der Waals surface area (Å²) in [5, 5.41) is 0. The minimum atomic E-state index is -4.14. The lowest BCUT2D eigenvalue weighted by atomic mass is 10.1. The lowest BCUT2D eigenvalue weighted by Gasteiger charge is -2.10. The number of esters is 1. The minimum Gasteiger partial charge on any atom is -0.462 e. The molecule has 0 aliphatic carbocycles. The molecule has 2 aromatic carbocycles. The molecule has 0 radical (unpaired) electrons. The Morgan fingerprint density at radius 1 is 0.960 bits per heavy atom. The van der Waals surface area contributed by atoms with Gasteiger partial charge in [-0.25, -0.2) is 4.79 Å². The number of carbonyl (C=O) groups excluding carboxylic acids is 2. The second kappa shape index (κ2) is 7.94. The van der Waals surface area contributed by atoms with Crippen LogP contribution in [0.15, 0.2) is 53.4 Å². The van der Waals surface area contributed by atoms with Crippen molar-refractivity contribution in [2.24, 2.45) is 0 Å². The maximum Gasteiger partial charge on any atom is 0.339 e. The minimum absolute atomic E-state index is 0.0242. The number of para-hydroxylation sites is 1. The second-order valence-electron chi connectivity index (χ2n) is 5.06. The van der Waals surface area contributed by atoms with Gasteiger partial charge in [0.05, 0.1) is 17.7 Å². The summed E-state index contributed by atoms with van der Waals surface area (Å²) in [6.45, 7) is 3.59. The van der Waals surface area contributed by atoms with E-state index in [-0.39, 0.29) is 40.6 Å². The SMILES string of the molecule is CCOC(=O)c1ccc(S(=O)(=O)Oc2ccccc2C(=O)CC)cc1. The Morgan fingerprint density at radius 2 is 1.60 bits per heavy atom. The zero-order valence-electron chi connectivity index (χ0n) is 13.9. The van der Waals surface area contributed by atoms with Gasteiger partial charge in [-0.3, -0.25) is 4.79 Å². The predicted octanol–water partition coefficient (Wildman–Crippen LogP) is 3.22. The topological polar surface area (TPSA) is 86.7 Å². The molecule has 0 aliphatic heterocycles. The Balaban J connectivity index is 2.28. The van der Waals surface area contributed by atoms with Crippen LogP contribution >= 0.6 is 0 Å². The normalized spacial score (nSPS) is 11.0. The van der Waals surface area contributed by atoms with E-state index >= 15 is 0 Å². The highest BCUT2D eigenvalue weighted by molar-refractivity contribution is 7.87. The molecule has 0 amide bonds. The number of benzene rings is 2. The molecule has 2 aromatic rings. The van der Waals surface area contributed by atoms with Crippen molar-refractivity contribution in [2.75, 3.05) is 6.61 Å². The summed E-state index contributed by atoms with van der Waals surface area (Å²) in [6, 6.07) is 11.4. The van der Waals surface area contributed by atoms with Crippen LogP contribution in [-0.2, 0) is 14.9 Å². The number of rotatable bonds is 7. The summed E-state index contributed by atoms with van der Waals surface area (Å²) in [5.74, 6) is -0.779. The van der Waals surface area contributed by atoms with E-state index < -0.39 is 16.1 Å². The molecule has 25 heavy (non-hydrogen) atoms. The standard InChI is InChI=1S/C18H18O6S/c1-3-16(19)15-7-5-6-8-17(15)24-25(21,22)14-11-9-13(10-12-14)18(20)23-4-2/h5-12H,3-4H2,1-2H3. The summed E-state index contributed by atoms with van der Waals surface area (Å²) < 4.78 is 34.8. The van der Waals surface area contributed by atoms with E-state index in [1.54, 1.807) is 26.0 Å². The molecule has 0 heterocycles. The Morgan fingerprint density at radius 3 is 2.20 bits per heavy atom. The highest BCUT2D eigenvalue weighted by atomic mass is 32.2. The monoisotopic (exact) mass is 362 g/mol. The van der Waals surface area contributed by atoms with Gasteiger partial charge in [-0.1, -0.05) is 19.1 Å². The molecule has 7 heteroatoms. The zero-order chi connectivity index (χ0) is 18.4. The fourth-order valence-corrected chi connectivity index (χ4v) is 3.05. The molecule has 0 bridgehead atoms. The molecule has 132 valence electrons. The summed E-state index contributed by atoms with van der Waals surface area (Å²) in [4.78, 5) is 23.4. The fourth-order valence-electron chi connectivity index (χ4n) is 2.10. The highest BCUT2D eigenvalue weighted by Gasteiger charge is 2.21. The summed E-state index contributed by atoms with van der Waals surface area (Å²) >= 11 is 0. The van der Waals surface area contributed by atoms with Gasteiger partial charge in [-0.05, 0) is 43.3 Å². The van der Waals surface area contributed by atoms with Crippen molar-refractivity contribution in [3.05, 3.63) is 59.7 Å². The van der Waals surface area contributed by atoms with Gasteiger partial charge < -0.3 is 8.92 Å². The quantitative estimate of drug-likeness (QED) is 0.427. The van der Waals surface area contributed by atoms with Crippen molar-refractivity contribution in [3.63, 3.8) is 0 Å². The van der Waals surface area contributed by atoms with Crippen LogP contribution in [0.1, 0.15) is 41.0 Å². The van der Waals surface area contributed by atoms with Crippen LogP contribution in [0.3, 0.4) is 0 Å². The van der Waals surface area contributed by atoms with Crippen LogP contribution in [0.2, 0.25) is 0 Å². The van der Waals surface area contributed by atoms with Crippen LogP contribution in [0.5, 0.6) is 5.75 Å². The predicted molar refractivity (Wildman–Crippen MR) is 91.3 cm³/mol. The van der Waals surface area contributed by atoms with E-state index in [1.807, 2.05) is 0 Å². The lowest BCUT2D eigenvalue weighted by Crippen LogP contribution is -2.13. The Kier molecular flexibility index (Phi) is 5.93. The Labute approximate surface area is 146 Å². The molecule has 0 N–H and O–H groups in total. The second-order valence-corrected chi connectivity index (χ2v) is 6.60. The number of carbonyl (C=O) groups is 2. The molecule has 0 unspecified atom stereocenters. The van der Waals surface area contributed by atoms with Crippen molar-refractivity contribution in [1.82, 2.24) is 0 Å². The van der Waals surface area contributed by atoms with Crippen molar-refractivity contribution < 1.29 is 26.9 Å². The van der Waals surface area contributed by atoms with Gasteiger partial charge in [0.1, 0.15) is 4.90 Å². The van der Waals surface area contributed by atoms with Gasteiger partial charge >= 0.3 is 16.1 Å². The van der Waals surface area contributed by atoms with Crippen LogP contribution < -0.4 is 4.18 Å². The lowest BCUT2D eigenvalue weighted by molar-refractivity contribution is 0.0526. The first kappa shape index (κ1) is 18.7. The van der Waals surface area contributed by atoms with Crippen molar-refractivity contribution in [1.29, 1.82) is 0 Å². The number of ether oxygens (including phenoxy) is 1. The molecule has 0 fully saturated rings. The summed E-state index contributed by atoms with van der Waals surface area (Å²) in [6.07, 6.45) is 0.231. The molecule has 0 aliphatic rings. The van der Waals surface area contributed by atoms with Gasteiger partial charge in [0.25, 0.3) is 0 Å². The summed E-state index contributed by atoms with van der Waals surface area (Å²) in [5.41, 5.74) is 0.444. The van der Waals surface area contributed by atoms with Gasteiger partial charge in [0.2, 0.25) is 0 Å². The maximum atomic E-state index is 12.4. The van der Waals surface area contributed by atoms with E-state index in [0.717, 1.165) is 0 Å². The van der Waals surface area contributed by atoms with Crippen molar-refractivity contribution >= 4 is 21.9 Å². The first-order valence-corrected chi connectivity index (χ1v) is 9.13. The smallest absolute Gasteiger partial charge is 0.339 e. The van der Waals surface area contributed by atoms with Gasteiger partial charge in [-0.15, -0.1) is 0 Å². The van der Waals surface area contributed by atoms with Gasteiger partial charge in [0.15, 0.2) is 11.5 Å². The fraction of sp³-hybridized carbons (Fsp3) is 0.222. The molecule has 0 spiro atoms. The van der Waals surface area contributed by atoms with Crippen molar-refractivity contribution in [2.45, 2.75) is 25.2 Å². The van der Waals surface area contributed by atoms with Gasteiger partial charge in [0, 0.05) is 6.42 Å². The molecule has 0 atom stereocenters. The van der Waals surface area contributed by atoms with Crippen LogP contribution in [0.4, 0.5) is 0 Å². The number of Topliss-reactive ketones (excluding diaryl/α,β-unsaturated/α-hetero) is 1. The average Bonchev–Trinajstić information content (AvgIpc) is 2.61. The first-order chi connectivity index (χ1) is 11.9. The first-order valence-electron chi connectivity index (χ1n) is 7.73. The third-order valence-corrected chi connectivity index (χ3v) is 4.61. The summed E-state index contributed by atoms with van der Waals surface area (Å²) in [7, 11) is -4.14. The molecule has 6 nitrogen and oxygen atoms in total. The highest BCUT2D eigenvalue weighted by Crippen LogP contribution is 2.24. The molecule has 0 saturated heterocycles. The third-order valence-electron chi connectivity index (χ3n) is 3.36. The molecule has 2 rings (SSSR count). The van der Waals surface area contributed by atoms with Crippen LogP contribution in [-0.4, -0.2) is 26.8 Å². The van der Waals surface area contributed by atoms with E-state index in [0.29, 0.717) is 0 Å². The number of hydrogen-bond donors (Lipinski definition) is 0. The largest absolute Gasteiger partial charge is 0.462 e. The Hall–Kier alpha value is -2.67. The third kappa shape index (κ3) is 4.45. The van der Waals surface area contributed by atoms with E-state index in [1.165, 1.54) is 36.4 Å². The maximum absolute atomic E-state index is 12.4. The van der Waals surface area contributed by atoms with E-state index in [9.17, 15) is 18.0 Å². The molecule has 0 saturated carbocycles. The number of ketones is 1. The number of hydrogen-bond acceptors (Lipinski definition) is 6. The average molecular weight is 362 g/mol. The molecular formula is C18H18O6S. The van der Waals surface area contributed by atoms with E-state index in [2.05, 4.69) is 0 Å². The zero-order valence-corrected chi connectivity index (χ0v) is 14.7. The van der Waals surface area contributed by atoms with Gasteiger partial charge in [-0.2, -0.15) is 8.42 Å². The van der Waals surface area contributed by atoms with Crippen LogP contribution in [0.25, 0.3) is 0 Å². The molecule has 0 aromatic heterocycles. The molecular weight excluding hydrogens is 344 g/mol. The van der Waals surface area contributed by atoms with E-state index in [4.69, 9.17) is 8.92 Å². The Bertz CT molecular complexity index is 869.